The van der Waals surface area contributed by atoms with Gasteiger partial charge in [-0.25, -0.2) is 23.7 Å². The average molecular weight is 459 g/mol. The number of aromatic nitrogens is 4. The van der Waals surface area contributed by atoms with Gasteiger partial charge in [0.2, 0.25) is 0 Å². The third-order valence-electron chi connectivity index (χ3n) is 6.04. The summed E-state index contributed by atoms with van der Waals surface area (Å²) in [7, 11) is 0. The van der Waals surface area contributed by atoms with E-state index in [1.54, 1.807) is 35.2 Å². The maximum Gasteiger partial charge on any atom is 0.276 e. The zero-order valence-electron chi connectivity index (χ0n) is 19.3. The number of hydrogen-bond donors (Lipinski definition) is 2. The van der Waals surface area contributed by atoms with Crippen molar-refractivity contribution in [2.75, 3.05) is 11.9 Å². The molecule has 1 aliphatic heterocycles. The lowest BCUT2D eigenvalue weighted by Gasteiger charge is -2.18. The predicted molar refractivity (Wildman–Crippen MR) is 133 cm³/mol. The summed E-state index contributed by atoms with van der Waals surface area (Å²) in [6, 6.07) is 13.3. The Morgan fingerprint density at radius 1 is 1.24 bits per heavy atom. The maximum absolute atomic E-state index is 14.6. The van der Waals surface area contributed by atoms with Gasteiger partial charge in [-0.3, -0.25) is 4.79 Å². The van der Waals surface area contributed by atoms with E-state index in [9.17, 15) is 9.18 Å². The van der Waals surface area contributed by atoms with Gasteiger partial charge in [0.05, 0.1) is 23.1 Å². The molecule has 5 rings (SSSR count). The lowest BCUT2D eigenvalue weighted by Crippen LogP contribution is -2.23. The number of rotatable bonds is 6. The van der Waals surface area contributed by atoms with Crippen LogP contribution in [0, 0.1) is 0 Å². The maximum atomic E-state index is 14.6. The molecule has 0 amide bonds. The fourth-order valence-electron chi connectivity index (χ4n) is 4.33. The first-order valence-corrected chi connectivity index (χ1v) is 11.3. The summed E-state index contributed by atoms with van der Waals surface area (Å²) in [5.74, 6) is 1.05. The fourth-order valence-corrected chi connectivity index (χ4v) is 4.33. The minimum Gasteiger partial charge on any atom is -0.340 e. The largest absolute Gasteiger partial charge is 0.340 e. The molecule has 4 heterocycles. The molecule has 3 aromatic heterocycles. The molecule has 1 aromatic carbocycles. The third-order valence-corrected chi connectivity index (χ3v) is 6.04. The Kier molecular flexibility index (Phi) is 5.53. The molecule has 174 valence electrons. The molecule has 0 saturated carbocycles. The van der Waals surface area contributed by atoms with E-state index in [0.29, 0.717) is 28.2 Å². The number of alkyl halides is 1. The number of fused-ring (bicyclic) bond motifs is 2. The van der Waals surface area contributed by atoms with E-state index in [0.717, 1.165) is 25.2 Å². The van der Waals surface area contributed by atoms with Crippen LogP contribution in [-0.4, -0.2) is 25.9 Å². The number of benzene rings is 1. The highest BCUT2D eigenvalue weighted by Gasteiger charge is 2.23. The number of nitrogens with zero attached hydrogens (tertiary/aromatic N) is 4. The van der Waals surface area contributed by atoms with Gasteiger partial charge in [-0.1, -0.05) is 18.2 Å². The molecule has 0 radical (unpaired) electrons. The smallest absolute Gasteiger partial charge is 0.276 e. The summed E-state index contributed by atoms with van der Waals surface area (Å²) < 4.78 is 17.9. The number of pyridine rings is 2. The van der Waals surface area contributed by atoms with Gasteiger partial charge in [-0.15, -0.1) is 6.58 Å². The van der Waals surface area contributed by atoms with Crippen molar-refractivity contribution in [3.8, 4) is 5.82 Å². The number of halogens is 1. The van der Waals surface area contributed by atoms with Crippen molar-refractivity contribution in [2.45, 2.75) is 39.0 Å². The molecule has 0 spiro atoms. The highest BCUT2D eigenvalue weighted by atomic mass is 19.1. The van der Waals surface area contributed by atoms with Crippen LogP contribution >= 0.6 is 0 Å². The van der Waals surface area contributed by atoms with Gasteiger partial charge in [-0.05, 0) is 62.2 Å². The zero-order valence-corrected chi connectivity index (χ0v) is 19.3. The molecule has 2 N–H and O–H groups in total. The van der Waals surface area contributed by atoms with Crippen LogP contribution in [0.2, 0.25) is 0 Å². The molecule has 0 fully saturated rings. The third kappa shape index (κ3) is 4.01. The average Bonchev–Trinajstić information content (AvgIpc) is 3.10. The van der Waals surface area contributed by atoms with E-state index < -0.39 is 5.67 Å². The van der Waals surface area contributed by atoms with Crippen molar-refractivity contribution in [3.05, 3.63) is 88.5 Å². The van der Waals surface area contributed by atoms with Gasteiger partial charge < -0.3 is 10.6 Å². The quantitative estimate of drug-likeness (QED) is 0.420. The molecule has 0 saturated heterocycles. The Labute approximate surface area is 196 Å². The molecule has 0 unspecified atom stereocenters. The SMILES string of the molecule is C=CCn1c(=O)c2cnc(Nc3ccc4c(c3)CNCC4)cc2n1-c1cccc(C(C)(C)F)n1. The van der Waals surface area contributed by atoms with Gasteiger partial charge in [0.1, 0.15) is 11.5 Å². The van der Waals surface area contributed by atoms with Crippen LogP contribution in [0.3, 0.4) is 0 Å². The van der Waals surface area contributed by atoms with Crippen molar-refractivity contribution in [1.29, 1.82) is 0 Å². The standard InChI is InChI=1S/C26H27FN6O/c1-4-12-32-25(34)20-16-29-23(30-19-9-8-17-10-11-28-15-18(17)13-19)14-21(20)33(32)24-7-5-6-22(31-24)26(2,3)27/h4-9,13-14,16,28H,1,10-12,15H2,2-3H3,(H,29,30). The van der Waals surface area contributed by atoms with Crippen LogP contribution in [0.5, 0.6) is 0 Å². The van der Waals surface area contributed by atoms with Crippen molar-refractivity contribution < 1.29 is 4.39 Å². The molecule has 7 nitrogen and oxygen atoms in total. The van der Waals surface area contributed by atoms with Gasteiger partial charge in [0.25, 0.3) is 5.56 Å². The second-order valence-corrected chi connectivity index (χ2v) is 8.96. The van der Waals surface area contributed by atoms with Crippen LogP contribution in [0.4, 0.5) is 15.9 Å². The van der Waals surface area contributed by atoms with E-state index >= 15 is 0 Å². The lowest BCUT2D eigenvalue weighted by atomic mass is 10.0. The van der Waals surface area contributed by atoms with Crippen LogP contribution in [0.15, 0.2) is 66.1 Å². The van der Waals surface area contributed by atoms with Crippen LogP contribution in [-0.2, 0) is 25.2 Å². The van der Waals surface area contributed by atoms with Crippen LogP contribution in [0.25, 0.3) is 16.7 Å². The minimum absolute atomic E-state index is 0.208. The summed E-state index contributed by atoms with van der Waals surface area (Å²) in [4.78, 5) is 22.2. The van der Waals surface area contributed by atoms with Gasteiger partial charge in [-0.2, -0.15) is 0 Å². The molecule has 0 atom stereocenters. The Balaban J connectivity index is 1.62. The molecule has 0 bridgehead atoms. The van der Waals surface area contributed by atoms with Crippen molar-refractivity contribution in [3.63, 3.8) is 0 Å². The van der Waals surface area contributed by atoms with E-state index in [-0.39, 0.29) is 12.1 Å². The first-order chi connectivity index (χ1) is 16.3. The van der Waals surface area contributed by atoms with Crippen LogP contribution in [0.1, 0.15) is 30.7 Å². The Morgan fingerprint density at radius 3 is 2.88 bits per heavy atom. The van der Waals surface area contributed by atoms with Crippen molar-refractivity contribution >= 4 is 22.4 Å². The van der Waals surface area contributed by atoms with E-state index in [1.165, 1.54) is 29.7 Å². The minimum atomic E-state index is -1.61. The predicted octanol–water partition coefficient (Wildman–Crippen LogP) is 4.36. The Hall–Kier alpha value is -3.78. The van der Waals surface area contributed by atoms with Crippen molar-refractivity contribution in [1.82, 2.24) is 24.6 Å². The lowest BCUT2D eigenvalue weighted by molar-refractivity contribution is 0.214. The summed E-state index contributed by atoms with van der Waals surface area (Å²) >= 11 is 0. The molecule has 4 aromatic rings. The second kappa shape index (κ2) is 8.53. The topological polar surface area (TPSA) is 76.8 Å². The monoisotopic (exact) mass is 458 g/mol. The zero-order chi connectivity index (χ0) is 23.9. The summed E-state index contributed by atoms with van der Waals surface area (Å²) in [5, 5.41) is 7.20. The van der Waals surface area contributed by atoms with Crippen LogP contribution < -0.4 is 16.2 Å². The van der Waals surface area contributed by atoms with E-state index in [2.05, 4.69) is 39.3 Å². The number of allylic oxidation sites excluding steroid dienone is 1. The van der Waals surface area contributed by atoms with E-state index in [4.69, 9.17) is 0 Å². The van der Waals surface area contributed by atoms with Gasteiger partial charge >= 0.3 is 0 Å². The molecule has 8 heteroatoms. The summed E-state index contributed by atoms with van der Waals surface area (Å²) in [6.07, 6.45) is 4.23. The molecule has 34 heavy (non-hydrogen) atoms. The number of anilines is 2. The fraction of sp³-hybridized carbons (Fsp3) is 0.269. The number of hydrogen-bond acceptors (Lipinski definition) is 5. The molecule has 1 aliphatic rings. The van der Waals surface area contributed by atoms with Crippen molar-refractivity contribution in [2.24, 2.45) is 0 Å². The highest BCUT2D eigenvalue weighted by molar-refractivity contribution is 5.82. The normalized spacial score (nSPS) is 13.6. The van der Waals surface area contributed by atoms with E-state index in [1.807, 2.05) is 12.1 Å². The van der Waals surface area contributed by atoms with Gasteiger partial charge in [0.15, 0.2) is 5.82 Å². The molecule has 0 aliphatic carbocycles. The number of nitrogens with one attached hydrogen (secondary N) is 2. The Bertz CT molecular complexity index is 1450. The Morgan fingerprint density at radius 2 is 2.09 bits per heavy atom. The van der Waals surface area contributed by atoms with Gasteiger partial charge in [0, 0.05) is 24.5 Å². The molecular formula is C26H27FN6O. The summed E-state index contributed by atoms with van der Waals surface area (Å²) in [6.45, 7) is 8.82. The first-order valence-electron chi connectivity index (χ1n) is 11.3. The molecular weight excluding hydrogens is 431 g/mol. The second-order valence-electron chi connectivity index (χ2n) is 8.96. The first kappa shape index (κ1) is 22.0. The highest BCUT2D eigenvalue weighted by Crippen LogP contribution is 2.26. The summed E-state index contributed by atoms with van der Waals surface area (Å²) in [5.41, 5.74) is 2.64.